The van der Waals surface area contributed by atoms with Gasteiger partial charge in [-0.1, -0.05) is 0 Å². The SMILES string of the molecule is CCOP(=O)(CN(C)S(C)(=O)=O)OCC. The van der Waals surface area contributed by atoms with Crippen molar-refractivity contribution < 1.29 is 22.0 Å². The number of sulfonamides is 1. The molecule has 0 spiro atoms. The van der Waals surface area contributed by atoms with Gasteiger partial charge in [-0.3, -0.25) is 4.57 Å². The van der Waals surface area contributed by atoms with Crippen LogP contribution in [-0.2, 0) is 23.6 Å². The monoisotopic (exact) mass is 259 g/mol. The molecule has 0 heterocycles. The van der Waals surface area contributed by atoms with E-state index in [4.69, 9.17) is 9.05 Å². The van der Waals surface area contributed by atoms with Crippen molar-refractivity contribution in [2.75, 3.05) is 32.8 Å². The Bertz CT molecular complexity index is 318. The molecule has 0 aromatic carbocycles. The van der Waals surface area contributed by atoms with E-state index >= 15 is 0 Å². The van der Waals surface area contributed by atoms with E-state index in [1.54, 1.807) is 13.8 Å². The Hall–Kier alpha value is 0.0600. The molecule has 0 aliphatic rings. The second-order valence-corrected chi connectivity index (χ2v) is 7.06. The topological polar surface area (TPSA) is 72.9 Å². The van der Waals surface area contributed by atoms with E-state index in [2.05, 4.69) is 0 Å². The van der Waals surface area contributed by atoms with Crippen LogP contribution in [0, 0.1) is 0 Å². The Morgan fingerprint density at radius 1 is 1.20 bits per heavy atom. The van der Waals surface area contributed by atoms with Crippen LogP contribution in [0.2, 0.25) is 0 Å². The van der Waals surface area contributed by atoms with E-state index in [9.17, 15) is 13.0 Å². The quantitative estimate of drug-likeness (QED) is 0.640. The summed E-state index contributed by atoms with van der Waals surface area (Å²) >= 11 is 0. The van der Waals surface area contributed by atoms with Crippen molar-refractivity contribution in [3.05, 3.63) is 0 Å². The fourth-order valence-electron chi connectivity index (χ4n) is 0.861. The first kappa shape index (κ1) is 15.1. The van der Waals surface area contributed by atoms with E-state index in [0.717, 1.165) is 10.6 Å². The minimum atomic E-state index is -3.37. The molecule has 0 N–H and O–H groups in total. The molecule has 92 valence electrons. The molecule has 0 saturated heterocycles. The van der Waals surface area contributed by atoms with Crippen LogP contribution < -0.4 is 0 Å². The Balaban J connectivity index is 4.62. The van der Waals surface area contributed by atoms with Gasteiger partial charge in [0.25, 0.3) is 0 Å². The van der Waals surface area contributed by atoms with Crippen LogP contribution in [0.15, 0.2) is 0 Å². The molecule has 0 aromatic heterocycles. The van der Waals surface area contributed by atoms with Gasteiger partial charge in [0.15, 0.2) is 0 Å². The van der Waals surface area contributed by atoms with Crippen LogP contribution >= 0.6 is 7.60 Å². The summed E-state index contributed by atoms with van der Waals surface area (Å²) in [6.07, 6.45) is 0.781. The summed E-state index contributed by atoms with van der Waals surface area (Å²) in [5.74, 6) is 0. The van der Waals surface area contributed by atoms with E-state index in [-0.39, 0.29) is 19.5 Å². The Morgan fingerprint density at radius 2 is 1.60 bits per heavy atom. The van der Waals surface area contributed by atoms with Crippen LogP contribution in [0.25, 0.3) is 0 Å². The molecule has 0 saturated carbocycles. The first-order chi connectivity index (χ1) is 6.75. The molecule has 0 fully saturated rings. The second kappa shape index (κ2) is 5.96. The fourth-order valence-corrected chi connectivity index (χ4v) is 3.64. The molecule has 0 bridgehead atoms. The van der Waals surface area contributed by atoms with Crippen molar-refractivity contribution in [3.8, 4) is 0 Å². The highest BCUT2D eigenvalue weighted by atomic mass is 32.2. The van der Waals surface area contributed by atoms with Crippen molar-refractivity contribution in [1.29, 1.82) is 0 Å². The fraction of sp³-hybridized carbons (Fsp3) is 1.00. The minimum absolute atomic E-state index is 0.217. The van der Waals surface area contributed by atoms with Crippen LogP contribution in [-0.4, -0.2) is 45.5 Å². The van der Waals surface area contributed by atoms with Crippen molar-refractivity contribution in [3.63, 3.8) is 0 Å². The van der Waals surface area contributed by atoms with Gasteiger partial charge >= 0.3 is 7.60 Å². The van der Waals surface area contributed by atoms with E-state index in [1.807, 2.05) is 0 Å². The smallest absolute Gasteiger partial charge is 0.308 e. The lowest BCUT2D eigenvalue weighted by atomic mass is 10.9. The molecule has 6 nitrogen and oxygen atoms in total. The predicted molar refractivity (Wildman–Crippen MR) is 58.3 cm³/mol. The van der Waals surface area contributed by atoms with Gasteiger partial charge in [-0.2, -0.15) is 4.31 Å². The van der Waals surface area contributed by atoms with Gasteiger partial charge < -0.3 is 9.05 Å². The van der Waals surface area contributed by atoms with Gasteiger partial charge in [-0.05, 0) is 13.8 Å². The molecular formula is C7H18NO5PS. The van der Waals surface area contributed by atoms with Crippen LogP contribution in [0.4, 0.5) is 0 Å². The minimum Gasteiger partial charge on any atom is -0.308 e. The van der Waals surface area contributed by atoms with E-state index < -0.39 is 17.6 Å². The number of rotatable bonds is 7. The molecule has 0 atom stereocenters. The van der Waals surface area contributed by atoms with Gasteiger partial charge in [-0.15, -0.1) is 0 Å². The van der Waals surface area contributed by atoms with Crippen molar-refractivity contribution >= 4 is 17.6 Å². The highest BCUT2D eigenvalue weighted by Crippen LogP contribution is 2.48. The predicted octanol–water partition coefficient (Wildman–Crippen LogP) is 1.10. The molecule has 0 aliphatic heterocycles. The Kier molecular flexibility index (Phi) is 5.98. The number of hydrogen-bond donors (Lipinski definition) is 0. The summed E-state index contributed by atoms with van der Waals surface area (Å²) in [7, 11) is -5.36. The first-order valence-electron chi connectivity index (χ1n) is 4.54. The zero-order valence-corrected chi connectivity index (χ0v) is 11.2. The summed E-state index contributed by atoms with van der Waals surface area (Å²) in [6.45, 7) is 3.78. The van der Waals surface area contributed by atoms with E-state index in [0.29, 0.717) is 0 Å². The largest absolute Gasteiger partial charge is 0.345 e. The maximum absolute atomic E-state index is 11.9. The van der Waals surface area contributed by atoms with Gasteiger partial charge in [-0.25, -0.2) is 8.42 Å². The van der Waals surface area contributed by atoms with Crippen molar-refractivity contribution in [1.82, 2.24) is 4.31 Å². The molecular weight excluding hydrogens is 241 g/mol. The van der Waals surface area contributed by atoms with Crippen LogP contribution in [0.5, 0.6) is 0 Å². The third-order valence-corrected chi connectivity index (χ3v) is 5.12. The third kappa shape index (κ3) is 5.63. The summed E-state index contributed by atoms with van der Waals surface area (Å²) in [6, 6.07) is 0. The van der Waals surface area contributed by atoms with Crippen molar-refractivity contribution in [2.24, 2.45) is 0 Å². The average molecular weight is 259 g/mol. The molecule has 0 amide bonds. The zero-order chi connectivity index (χ0) is 12.1. The third-order valence-electron chi connectivity index (χ3n) is 1.59. The lowest BCUT2D eigenvalue weighted by Gasteiger charge is -2.21. The summed E-state index contributed by atoms with van der Waals surface area (Å²) in [5.41, 5.74) is 0. The average Bonchev–Trinajstić information content (AvgIpc) is 2.02. The van der Waals surface area contributed by atoms with Gasteiger partial charge in [0.1, 0.15) is 6.29 Å². The molecule has 0 rings (SSSR count). The summed E-state index contributed by atoms with van der Waals surface area (Å²) in [4.78, 5) is 0. The maximum Gasteiger partial charge on any atom is 0.345 e. The maximum atomic E-state index is 11.9. The second-order valence-electron chi connectivity index (χ2n) is 2.95. The first-order valence-corrected chi connectivity index (χ1v) is 8.12. The van der Waals surface area contributed by atoms with Gasteiger partial charge in [0, 0.05) is 7.05 Å². The molecule has 0 unspecified atom stereocenters. The summed E-state index contributed by atoms with van der Waals surface area (Å²) < 4.78 is 45.0. The number of hydrogen-bond acceptors (Lipinski definition) is 5. The van der Waals surface area contributed by atoms with Crippen LogP contribution in [0.1, 0.15) is 13.8 Å². The molecule has 15 heavy (non-hydrogen) atoms. The summed E-state index contributed by atoms with van der Waals surface area (Å²) in [5, 5.41) is 0. The molecule has 0 aromatic rings. The zero-order valence-electron chi connectivity index (χ0n) is 9.47. The standard InChI is InChI=1S/C7H18NO5PS/c1-5-12-14(9,13-6-2)7-8(3)15(4,10)11/h5-7H2,1-4H3. The Morgan fingerprint density at radius 3 is 1.87 bits per heavy atom. The molecule has 8 heteroatoms. The lowest BCUT2D eigenvalue weighted by Crippen LogP contribution is -2.27. The Labute approximate surface area is 91.1 Å². The number of nitrogens with zero attached hydrogens (tertiary/aromatic N) is 1. The van der Waals surface area contributed by atoms with Gasteiger partial charge in [0.2, 0.25) is 10.0 Å². The normalized spacial score (nSPS) is 13.4. The lowest BCUT2D eigenvalue weighted by molar-refractivity contribution is 0.213. The van der Waals surface area contributed by atoms with E-state index in [1.165, 1.54) is 7.05 Å². The molecule has 0 aliphatic carbocycles. The van der Waals surface area contributed by atoms with Gasteiger partial charge in [0.05, 0.1) is 19.5 Å². The highest BCUT2D eigenvalue weighted by Gasteiger charge is 2.28. The van der Waals surface area contributed by atoms with Crippen LogP contribution in [0.3, 0.4) is 0 Å². The van der Waals surface area contributed by atoms with Crippen molar-refractivity contribution in [2.45, 2.75) is 13.8 Å². The molecule has 0 radical (unpaired) electrons. The highest BCUT2D eigenvalue weighted by molar-refractivity contribution is 7.88.